The van der Waals surface area contributed by atoms with Crippen molar-refractivity contribution in [3.8, 4) is 0 Å². The van der Waals surface area contributed by atoms with E-state index in [1.54, 1.807) is 6.07 Å². The summed E-state index contributed by atoms with van der Waals surface area (Å²) in [5.74, 6) is 0.141. The standard InChI is InChI=1S/C7H4OS.C2HF6N.CHCl2F.CNO/c8-7-4-1-2-6(9)5(7)3-4;3-1(4,5)9-2(6,7)8;2-1(3)4;2-1-3/h1-3,9H;9H;1H;/q;;;-1. The Balaban J connectivity index is 0. The molecule has 0 spiro atoms. The molecule has 1 aromatic rings. The second kappa shape index (κ2) is 11.3. The summed E-state index contributed by atoms with van der Waals surface area (Å²) >= 11 is 12.8. The molecule has 0 atom stereocenters. The monoisotopic (exact) mass is 433 g/mol. The van der Waals surface area contributed by atoms with Crippen LogP contribution in [0.1, 0.15) is 15.9 Å². The number of nitrogens with zero attached hydrogens (tertiary/aromatic N) is 1. The van der Waals surface area contributed by atoms with Crippen molar-refractivity contribution in [1.82, 2.24) is 5.32 Å². The second-order valence-corrected chi connectivity index (χ2v) is 4.99. The molecule has 0 heterocycles. The molecule has 2 aliphatic rings. The zero-order valence-corrected chi connectivity index (χ0v) is 13.8. The summed E-state index contributed by atoms with van der Waals surface area (Å²) in [5.41, 5.74) is 1.57. The lowest BCUT2D eigenvalue weighted by atomic mass is 9.92. The Morgan fingerprint density at radius 3 is 1.60 bits per heavy atom. The molecule has 2 aliphatic carbocycles. The van der Waals surface area contributed by atoms with Crippen LogP contribution < -0.4 is 5.32 Å². The van der Waals surface area contributed by atoms with Gasteiger partial charge in [0, 0.05) is 16.0 Å². The van der Waals surface area contributed by atoms with Gasteiger partial charge in [0.2, 0.25) is 5.09 Å². The summed E-state index contributed by atoms with van der Waals surface area (Å²) in [6.07, 6.45) is -10.3. The highest BCUT2D eigenvalue weighted by Gasteiger charge is 2.42. The minimum atomic E-state index is -5.39. The summed E-state index contributed by atoms with van der Waals surface area (Å²) in [6.45, 7) is 0. The number of fused-ring (bicyclic) bond motifs is 2. The molecule has 0 radical (unpaired) electrons. The number of carbonyl (C=O) groups is 1. The second-order valence-electron chi connectivity index (χ2n) is 3.52. The molecule has 142 valence electrons. The quantitative estimate of drug-likeness (QED) is 0.157. The molecule has 25 heavy (non-hydrogen) atoms. The minimum Gasteiger partial charge on any atom is -0.724 e. The number of hydrogen-bond acceptors (Lipinski definition) is 4. The molecule has 2 bridgehead atoms. The van der Waals surface area contributed by atoms with Gasteiger partial charge in [0.25, 0.3) is 0 Å². The van der Waals surface area contributed by atoms with E-state index in [0.29, 0.717) is 6.08 Å². The average molecular weight is 434 g/mol. The van der Waals surface area contributed by atoms with Crippen LogP contribution in [0.5, 0.6) is 0 Å². The molecule has 0 unspecified atom stereocenters. The molecule has 0 saturated heterocycles. The summed E-state index contributed by atoms with van der Waals surface area (Å²) in [7, 11) is 0. The summed E-state index contributed by atoms with van der Waals surface area (Å²) < 4.78 is 74.9. The molecular formula is C11H6Cl2F7N2O2S-. The molecule has 1 N–H and O–H groups in total. The van der Waals surface area contributed by atoms with E-state index in [1.165, 1.54) is 0 Å². The Bertz CT molecular complexity index is 585. The van der Waals surface area contributed by atoms with Crippen LogP contribution in [0.2, 0.25) is 0 Å². The van der Waals surface area contributed by atoms with Crippen molar-refractivity contribution in [3.63, 3.8) is 0 Å². The van der Waals surface area contributed by atoms with Crippen molar-refractivity contribution in [3.05, 3.63) is 34.7 Å². The van der Waals surface area contributed by atoms with E-state index in [4.69, 9.17) is 10.2 Å². The average Bonchev–Trinajstić information content (AvgIpc) is 2.34. The van der Waals surface area contributed by atoms with Crippen LogP contribution in [0.4, 0.5) is 30.7 Å². The van der Waals surface area contributed by atoms with Gasteiger partial charge in [0.15, 0.2) is 5.78 Å². The first-order chi connectivity index (χ1) is 11.1. The number of nitrogens with one attached hydrogen (secondary N) is 1. The Labute approximate surface area is 151 Å². The number of alkyl halides is 9. The molecule has 1 aromatic carbocycles. The van der Waals surface area contributed by atoms with Gasteiger partial charge in [0.1, 0.15) is 0 Å². The number of benzene rings is 1. The maximum Gasteiger partial charge on any atom is 0.464 e. The number of isocyanates is 1. The molecule has 0 fully saturated rings. The summed E-state index contributed by atoms with van der Waals surface area (Å²) in [4.78, 5) is 19.9. The lowest BCUT2D eigenvalue weighted by Gasteiger charge is -2.13. The fourth-order valence-electron chi connectivity index (χ4n) is 1.10. The minimum absolute atomic E-state index is 0.141. The smallest absolute Gasteiger partial charge is 0.464 e. The van der Waals surface area contributed by atoms with Crippen molar-refractivity contribution in [1.29, 1.82) is 0 Å². The van der Waals surface area contributed by atoms with Gasteiger partial charge in [-0.25, -0.2) is 4.39 Å². The molecule has 0 amide bonds. The number of hydrogen-bond donors (Lipinski definition) is 2. The van der Waals surface area contributed by atoms with Crippen LogP contribution in [-0.4, -0.2) is 29.6 Å². The topological polar surface area (TPSA) is 68.5 Å². The fraction of sp³-hybridized carbons (Fsp3) is 0.273. The maximum atomic E-state index is 10.8. The predicted molar refractivity (Wildman–Crippen MR) is 78.0 cm³/mol. The van der Waals surface area contributed by atoms with Gasteiger partial charge < -0.3 is 5.41 Å². The first-order valence-electron chi connectivity index (χ1n) is 5.38. The number of carbonyl (C=O) groups excluding carboxylic acids is 2. The number of ketones is 1. The molecule has 3 rings (SSSR count). The lowest BCUT2D eigenvalue weighted by Crippen LogP contribution is -2.42. The Morgan fingerprint density at radius 1 is 1.12 bits per heavy atom. The molecular weight excluding hydrogens is 428 g/mol. The van der Waals surface area contributed by atoms with Gasteiger partial charge in [-0.05, 0) is 24.3 Å². The zero-order chi connectivity index (χ0) is 20.4. The Kier molecular flexibility index (Phi) is 11.7. The van der Waals surface area contributed by atoms with E-state index < -0.39 is 23.0 Å². The van der Waals surface area contributed by atoms with Gasteiger partial charge in [-0.15, -0.1) is 17.9 Å². The molecule has 4 nitrogen and oxygen atoms in total. The van der Waals surface area contributed by atoms with Gasteiger partial charge in [-0.1, -0.05) is 23.2 Å². The van der Waals surface area contributed by atoms with Crippen LogP contribution in [0, 0.1) is 0 Å². The number of halogens is 9. The highest BCUT2D eigenvalue weighted by molar-refractivity contribution is 7.80. The lowest BCUT2D eigenvalue weighted by molar-refractivity contribution is -0.265. The molecule has 0 saturated carbocycles. The van der Waals surface area contributed by atoms with Crippen LogP contribution in [-0.2, 0) is 4.79 Å². The van der Waals surface area contributed by atoms with Crippen molar-refractivity contribution in [2.45, 2.75) is 22.6 Å². The van der Waals surface area contributed by atoms with Crippen LogP contribution in [0.3, 0.4) is 0 Å². The van der Waals surface area contributed by atoms with E-state index in [0.717, 1.165) is 16.0 Å². The van der Waals surface area contributed by atoms with E-state index in [1.807, 2.05) is 12.1 Å². The normalized spacial score (nSPS) is 11.6. The summed E-state index contributed by atoms with van der Waals surface area (Å²) in [5, 5.41) is 4.50. The fourth-order valence-corrected chi connectivity index (χ4v) is 1.34. The van der Waals surface area contributed by atoms with E-state index in [9.17, 15) is 35.5 Å². The van der Waals surface area contributed by atoms with Crippen molar-refractivity contribution >= 4 is 47.7 Å². The van der Waals surface area contributed by atoms with E-state index in [-0.39, 0.29) is 5.78 Å². The van der Waals surface area contributed by atoms with Crippen LogP contribution in [0.25, 0.3) is 5.41 Å². The highest BCUT2D eigenvalue weighted by Crippen LogP contribution is 2.27. The molecule has 14 heteroatoms. The van der Waals surface area contributed by atoms with Crippen LogP contribution >= 0.6 is 35.8 Å². The van der Waals surface area contributed by atoms with Crippen LogP contribution in [0.15, 0.2) is 23.1 Å². The van der Waals surface area contributed by atoms with Crippen molar-refractivity contribution in [2.75, 3.05) is 0 Å². The van der Waals surface area contributed by atoms with E-state index in [2.05, 4.69) is 35.8 Å². The van der Waals surface area contributed by atoms with Crippen molar-refractivity contribution in [2.24, 2.45) is 0 Å². The third kappa shape index (κ3) is 14.7. The highest BCUT2D eigenvalue weighted by atomic mass is 35.5. The van der Waals surface area contributed by atoms with Crippen molar-refractivity contribution < 1.29 is 40.3 Å². The molecule has 0 aromatic heterocycles. The van der Waals surface area contributed by atoms with Gasteiger partial charge in [0.05, 0.1) is 0 Å². The number of rotatable bonds is 0. The Morgan fingerprint density at radius 2 is 1.48 bits per heavy atom. The van der Waals surface area contributed by atoms with Gasteiger partial charge in [-0.3, -0.25) is 9.59 Å². The number of thiol groups is 1. The third-order valence-corrected chi connectivity index (χ3v) is 2.18. The predicted octanol–water partition coefficient (Wildman–Crippen LogP) is 4.74. The summed E-state index contributed by atoms with van der Waals surface area (Å²) in [6, 6.07) is 5.48. The van der Waals surface area contributed by atoms with Gasteiger partial charge >= 0.3 is 12.6 Å². The van der Waals surface area contributed by atoms with Gasteiger partial charge in [-0.2, -0.15) is 26.3 Å². The van der Waals surface area contributed by atoms with E-state index >= 15 is 0 Å². The molecule has 0 aliphatic heterocycles. The first-order valence-corrected chi connectivity index (χ1v) is 6.70. The first kappa shape index (κ1) is 25.9. The Hall–Kier alpha value is -1.33. The maximum absolute atomic E-state index is 10.8. The largest absolute Gasteiger partial charge is 0.724 e. The third-order valence-electron chi connectivity index (χ3n) is 1.79. The SMILES string of the molecule is FC(Cl)Cl.FC(F)(F)NC(F)(F)F.O=C1c2ccc(S)c1c2.[N-]=C=O. The zero-order valence-electron chi connectivity index (χ0n) is 11.4.